The second-order valence-electron chi connectivity index (χ2n) is 6.71. The second-order valence-corrected chi connectivity index (χ2v) is 9.62. The quantitative estimate of drug-likeness (QED) is 0.626. The Morgan fingerprint density at radius 2 is 1.97 bits per heavy atom. The van der Waals surface area contributed by atoms with E-state index in [4.69, 9.17) is 4.74 Å². The number of ether oxygens (including phenoxy) is 1. The zero-order valence-corrected chi connectivity index (χ0v) is 18.8. The van der Waals surface area contributed by atoms with Crippen LogP contribution in [0.4, 0.5) is 11.4 Å². The fourth-order valence-corrected chi connectivity index (χ4v) is 5.32. The molecular formula is C21H27N3O4S2. The van der Waals surface area contributed by atoms with Crippen LogP contribution in [0.1, 0.15) is 18.7 Å². The average Bonchev–Trinajstić information content (AvgIpc) is 3.28. The van der Waals surface area contributed by atoms with Gasteiger partial charge in [0.25, 0.3) is 0 Å². The van der Waals surface area contributed by atoms with E-state index in [0.717, 1.165) is 23.7 Å². The molecule has 2 heterocycles. The lowest BCUT2D eigenvalue weighted by Crippen LogP contribution is -2.40. The van der Waals surface area contributed by atoms with Gasteiger partial charge in [-0.1, -0.05) is 6.07 Å². The molecule has 1 fully saturated rings. The Hall–Kier alpha value is -2.20. The highest BCUT2D eigenvalue weighted by Gasteiger charge is 2.27. The Labute approximate surface area is 182 Å². The molecule has 3 rings (SSSR count). The summed E-state index contributed by atoms with van der Waals surface area (Å²) in [6.07, 6.45) is 3.20. The van der Waals surface area contributed by atoms with E-state index in [9.17, 15) is 13.2 Å². The van der Waals surface area contributed by atoms with Gasteiger partial charge >= 0.3 is 0 Å². The van der Waals surface area contributed by atoms with Gasteiger partial charge in [-0.25, -0.2) is 8.42 Å². The lowest BCUT2D eigenvalue weighted by Gasteiger charge is -2.28. The SMILES string of the molecule is CCN(CC)c1ccc(S(=O)(=O)N2CCOCC2)cc1NC(=O)/C=C/c1cccs1. The molecule has 2 aromatic rings. The molecule has 1 aliphatic rings. The van der Waals surface area contributed by atoms with Gasteiger partial charge in [-0.3, -0.25) is 4.79 Å². The molecule has 0 spiro atoms. The molecule has 162 valence electrons. The van der Waals surface area contributed by atoms with Gasteiger partial charge in [0.05, 0.1) is 29.5 Å². The summed E-state index contributed by atoms with van der Waals surface area (Å²) in [5, 5.41) is 4.81. The molecule has 1 saturated heterocycles. The third kappa shape index (κ3) is 5.28. The molecule has 30 heavy (non-hydrogen) atoms. The fraction of sp³-hybridized carbons (Fsp3) is 0.381. The minimum absolute atomic E-state index is 0.165. The Morgan fingerprint density at radius 1 is 1.23 bits per heavy atom. The van der Waals surface area contributed by atoms with Crippen molar-refractivity contribution >= 4 is 44.7 Å². The molecule has 1 aromatic heterocycles. The van der Waals surface area contributed by atoms with Crippen LogP contribution in [0.5, 0.6) is 0 Å². The van der Waals surface area contributed by atoms with Crippen molar-refractivity contribution in [3.05, 3.63) is 46.7 Å². The standard InChI is InChI=1S/C21H27N3O4S2/c1-3-23(4-2)20-9-8-18(30(26,27)24-11-13-28-14-12-24)16-19(20)22-21(25)10-7-17-6-5-15-29-17/h5-10,15-16H,3-4,11-14H2,1-2H3,(H,22,25)/b10-7+. The minimum Gasteiger partial charge on any atom is -0.379 e. The molecular weight excluding hydrogens is 422 g/mol. The highest BCUT2D eigenvalue weighted by molar-refractivity contribution is 7.89. The van der Waals surface area contributed by atoms with Crippen molar-refractivity contribution in [2.75, 3.05) is 49.6 Å². The van der Waals surface area contributed by atoms with Crippen LogP contribution < -0.4 is 10.2 Å². The number of sulfonamides is 1. The zero-order valence-electron chi connectivity index (χ0n) is 17.2. The van der Waals surface area contributed by atoms with Gasteiger partial charge in [0.2, 0.25) is 15.9 Å². The molecule has 9 heteroatoms. The molecule has 1 aliphatic heterocycles. The van der Waals surface area contributed by atoms with E-state index in [1.807, 2.05) is 31.4 Å². The average molecular weight is 450 g/mol. The number of rotatable bonds is 8. The smallest absolute Gasteiger partial charge is 0.248 e. The number of benzene rings is 1. The highest BCUT2D eigenvalue weighted by atomic mass is 32.2. The molecule has 1 N–H and O–H groups in total. The fourth-order valence-electron chi connectivity index (χ4n) is 3.27. The van der Waals surface area contributed by atoms with E-state index < -0.39 is 10.0 Å². The monoisotopic (exact) mass is 449 g/mol. The van der Waals surface area contributed by atoms with Crippen LogP contribution in [0.25, 0.3) is 6.08 Å². The first-order valence-electron chi connectivity index (χ1n) is 9.95. The predicted molar refractivity (Wildman–Crippen MR) is 122 cm³/mol. The van der Waals surface area contributed by atoms with Crippen LogP contribution in [-0.4, -0.2) is 58.0 Å². The van der Waals surface area contributed by atoms with Gasteiger partial charge in [-0.15, -0.1) is 11.3 Å². The summed E-state index contributed by atoms with van der Waals surface area (Å²) in [5.41, 5.74) is 1.27. The van der Waals surface area contributed by atoms with Crippen LogP contribution in [0.2, 0.25) is 0 Å². The Balaban J connectivity index is 1.91. The van der Waals surface area contributed by atoms with Crippen molar-refractivity contribution in [2.24, 2.45) is 0 Å². The lowest BCUT2D eigenvalue weighted by atomic mass is 10.2. The third-order valence-electron chi connectivity index (χ3n) is 4.88. The summed E-state index contributed by atoms with van der Waals surface area (Å²) >= 11 is 1.54. The highest BCUT2D eigenvalue weighted by Crippen LogP contribution is 2.30. The van der Waals surface area contributed by atoms with Crippen LogP contribution in [0.3, 0.4) is 0 Å². The number of hydrogen-bond acceptors (Lipinski definition) is 6. The molecule has 0 atom stereocenters. The first-order chi connectivity index (χ1) is 14.5. The Morgan fingerprint density at radius 3 is 2.60 bits per heavy atom. The largest absolute Gasteiger partial charge is 0.379 e. The van der Waals surface area contributed by atoms with Crippen molar-refractivity contribution in [1.82, 2.24) is 4.31 Å². The molecule has 0 saturated carbocycles. The third-order valence-corrected chi connectivity index (χ3v) is 7.61. The predicted octanol–water partition coefficient (Wildman–Crippen LogP) is 3.27. The van der Waals surface area contributed by atoms with Crippen molar-refractivity contribution in [3.63, 3.8) is 0 Å². The van der Waals surface area contributed by atoms with Gasteiger partial charge in [-0.2, -0.15) is 4.31 Å². The summed E-state index contributed by atoms with van der Waals surface area (Å²) < 4.78 is 32.8. The normalized spacial score (nSPS) is 15.4. The zero-order chi connectivity index (χ0) is 21.6. The maximum absolute atomic E-state index is 13.1. The molecule has 0 bridgehead atoms. The van der Waals surface area contributed by atoms with E-state index in [1.54, 1.807) is 24.3 Å². The van der Waals surface area contributed by atoms with Crippen LogP contribution in [0, 0.1) is 0 Å². The van der Waals surface area contributed by atoms with Crippen LogP contribution in [0.15, 0.2) is 46.7 Å². The first kappa shape index (κ1) is 22.5. The molecule has 0 aliphatic carbocycles. The number of anilines is 2. The molecule has 7 nitrogen and oxygen atoms in total. The Bertz CT molecular complexity index is 978. The number of nitrogens with zero attached hydrogens (tertiary/aromatic N) is 2. The van der Waals surface area contributed by atoms with Crippen molar-refractivity contribution in [2.45, 2.75) is 18.7 Å². The van der Waals surface area contributed by atoms with Gasteiger partial charge < -0.3 is 15.0 Å². The molecule has 1 amide bonds. The first-order valence-corrected chi connectivity index (χ1v) is 12.3. The number of morpholine rings is 1. The molecule has 1 aromatic carbocycles. The Kier molecular flexibility index (Phi) is 7.65. The van der Waals surface area contributed by atoms with E-state index in [2.05, 4.69) is 10.2 Å². The number of nitrogens with one attached hydrogen (secondary N) is 1. The van der Waals surface area contributed by atoms with Gasteiger partial charge in [-0.05, 0) is 49.6 Å². The summed E-state index contributed by atoms with van der Waals surface area (Å²) in [5.74, 6) is -0.308. The number of hydrogen-bond donors (Lipinski definition) is 1. The summed E-state index contributed by atoms with van der Waals surface area (Å²) in [6.45, 7) is 6.92. The molecule has 0 unspecified atom stereocenters. The summed E-state index contributed by atoms with van der Waals surface area (Å²) in [4.78, 5) is 15.7. The van der Waals surface area contributed by atoms with E-state index in [0.29, 0.717) is 32.0 Å². The topological polar surface area (TPSA) is 79.0 Å². The van der Waals surface area contributed by atoms with Gasteiger partial charge in [0.1, 0.15) is 0 Å². The maximum atomic E-state index is 13.1. The van der Waals surface area contributed by atoms with Crippen molar-refractivity contribution < 1.29 is 17.9 Å². The second kappa shape index (κ2) is 10.2. The number of thiophene rings is 1. The lowest BCUT2D eigenvalue weighted by molar-refractivity contribution is -0.111. The summed E-state index contributed by atoms with van der Waals surface area (Å²) in [6, 6.07) is 8.76. The van der Waals surface area contributed by atoms with Crippen LogP contribution >= 0.6 is 11.3 Å². The number of carbonyl (C=O) groups is 1. The van der Waals surface area contributed by atoms with Crippen LogP contribution in [-0.2, 0) is 19.6 Å². The van der Waals surface area contributed by atoms with E-state index in [1.165, 1.54) is 21.7 Å². The number of amides is 1. The molecule has 0 radical (unpaired) electrons. The number of carbonyl (C=O) groups excluding carboxylic acids is 1. The maximum Gasteiger partial charge on any atom is 0.248 e. The van der Waals surface area contributed by atoms with E-state index in [-0.39, 0.29) is 10.8 Å². The summed E-state index contributed by atoms with van der Waals surface area (Å²) in [7, 11) is -3.66. The van der Waals surface area contributed by atoms with Crippen molar-refractivity contribution in [3.8, 4) is 0 Å². The minimum atomic E-state index is -3.66. The van der Waals surface area contributed by atoms with E-state index >= 15 is 0 Å². The van der Waals surface area contributed by atoms with Gasteiger partial charge in [0.15, 0.2) is 0 Å². The van der Waals surface area contributed by atoms with Crippen molar-refractivity contribution in [1.29, 1.82) is 0 Å². The van der Waals surface area contributed by atoms with Gasteiger partial charge in [0, 0.05) is 37.1 Å².